The fourth-order valence-electron chi connectivity index (χ4n) is 3.08. The maximum Gasteiger partial charge on any atom is 0.317 e. The van der Waals surface area contributed by atoms with Crippen LogP contribution in [0.4, 0.5) is 4.79 Å². The third-order valence-electron chi connectivity index (χ3n) is 4.40. The summed E-state index contributed by atoms with van der Waals surface area (Å²) in [5.74, 6) is 0. The molecule has 0 bridgehead atoms. The molecule has 0 unspecified atom stereocenters. The lowest BCUT2D eigenvalue weighted by Crippen LogP contribution is -2.63. The van der Waals surface area contributed by atoms with Crippen molar-refractivity contribution in [2.24, 2.45) is 5.41 Å². The zero-order chi connectivity index (χ0) is 14.3. The highest BCUT2D eigenvalue weighted by molar-refractivity contribution is 5.75. The Morgan fingerprint density at radius 1 is 1.16 bits per heavy atom. The summed E-state index contributed by atoms with van der Waals surface area (Å²) in [5, 5.41) is 3.06. The number of carbonyl (C=O) groups is 1. The van der Waals surface area contributed by atoms with Gasteiger partial charge in [-0.1, -0.05) is 0 Å². The van der Waals surface area contributed by atoms with Crippen LogP contribution in [0, 0.1) is 5.41 Å². The first-order chi connectivity index (χ1) is 8.71. The SMILES string of the molecule is CC(C)N1CC2(CCN(C(=O)NC(C)(C)C)CC2)C1. The van der Waals surface area contributed by atoms with E-state index in [1.165, 1.54) is 13.1 Å². The topological polar surface area (TPSA) is 35.6 Å². The van der Waals surface area contributed by atoms with Gasteiger partial charge in [-0.3, -0.25) is 4.90 Å². The Hall–Kier alpha value is -0.770. The first kappa shape index (κ1) is 14.6. The quantitative estimate of drug-likeness (QED) is 0.791. The first-order valence-electron chi connectivity index (χ1n) is 7.52. The van der Waals surface area contributed by atoms with Crippen LogP contribution in [0.3, 0.4) is 0 Å². The van der Waals surface area contributed by atoms with Crippen molar-refractivity contribution in [2.45, 2.75) is 59.0 Å². The Kier molecular flexibility index (Phi) is 3.83. The average Bonchev–Trinajstić information content (AvgIpc) is 2.23. The van der Waals surface area contributed by atoms with Gasteiger partial charge in [-0.05, 0) is 52.9 Å². The van der Waals surface area contributed by atoms with Crippen LogP contribution in [0.5, 0.6) is 0 Å². The second kappa shape index (κ2) is 4.97. The summed E-state index contributed by atoms with van der Waals surface area (Å²) in [4.78, 5) is 16.6. The molecule has 0 atom stereocenters. The molecular formula is C15H29N3O. The van der Waals surface area contributed by atoms with Gasteiger partial charge in [0.1, 0.15) is 0 Å². The van der Waals surface area contributed by atoms with E-state index in [0.717, 1.165) is 25.9 Å². The Morgan fingerprint density at radius 3 is 2.11 bits per heavy atom. The minimum Gasteiger partial charge on any atom is -0.333 e. The van der Waals surface area contributed by atoms with Crippen molar-refractivity contribution in [2.75, 3.05) is 26.2 Å². The highest BCUT2D eigenvalue weighted by atomic mass is 16.2. The number of carbonyl (C=O) groups excluding carboxylic acids is 1. The standard InChI is InChI=1S/C15H29N3O/c1-12(2)18-10-15(11-18)6-8-17(9-7-15)13(19)16-14(3,4)5/h12H,6-11H2,1-5H3,(H,16,19). The highest BCUT2D eigenvalue weighted by Gasteiger charge is 2.46. The van der Waals surface area contributed by atoms with Crippen molar-refractivity contribution in [1.82, 2.24) is 15.1 Å². The molecule has 110 valence electrons. The molecule has 19 heavy (non-hydrogen) atoms. The molecule has 0 aromatic heterocycles. The van der Waals surface area contributed by atoms with E-state index in [0.29, 0.717) is 11.5 Å². The van der Waals surface area contributed by atoms with E-state index in [-0.39, 0.29) is 11.6 Å². The fraction of sp³-hybridized carbons (Fsp3) is 0.933. The molecule has 1 N–H and O–H groups in total. The monoisotopic (exact) mass is 267 g/mol. The van der Waals surface area contributed by atoms with Crippen LogP contribution in [0.25, 0.3) is 0 Å². The molecule has 0 aromatic carbocycles. The molecule has 2 heterocycles. The molecule has 0 radical (unpaired) electrons. The summed E-state index contributed by atoms with van der Waals surface area (Å²) < 4.78 is 0. The fourth-order valence-corrected chi connectivity index (χ4v) is 3.08. The van der Waals surface area contributed by atoms with E-state index in [9.17, 15) is 4.79 Å². The van der Waals surface area contributed by atoms with Gasteiger partial charge in [0.2, 0.25) is 0 Å². The van der Waals surface area contributed by atoms with Gasteiger partial charge < -0.3 is 10.2 Å². The molecule has 0 saturated carbocycles. The van der Waals surface area contributed by atoms with E-state index in [1.807, 2.05) is 25.7 Å². The van der Waals surface area contributed by atoms with E-state index >= 15 is 0 Å². The number of nitrogens with zero attached hydrogens (tertiary/aromatic N) is 2. The number of rotatable bonds is 1. The number of hydrogen-bond acceptors (Lipinski definition) is 2. The maximum atomic E-state index is 12.1. The summed E-state index contributed by atoms with van der Waals surface area (Å²) in [6.07, 6.45) is 2.32. The van der Waals surface area contributed by atoms with Crippen LogP contribution in [-0.2, 0) is 0 Å². The van der Waals surface area contributed by atoms with E-state index < -0.39 is 0 Å². The van der Waals surface area contributed by atoms with Gasteiger partial charge >= 0.3 is 6.03 Å². The van der Waals surface area contributed by atoms with E-state index in [1.54, 1.807) is 0 Å². The van der Waals surface area contributed by atoms with Gasteiger partial charge in [-0.15, -0.1) is 0 Å². The van der Waals surface area contributed by atoms with Crippen molar-refractivity contribution in [3.05, 3.63) is 0 Å². The van der Waals surface area contributed by atoms with Crippen molar-refractivity contribution in [1.29, 1.82) is 0 Å². The summed E-state index contributed by atoms with van der Waals surface area (Å²) in [6.45, 7) is 14.9. The third kappa shape index (κ3) is 3.41. The number of urea groups is 1. The Morgan fingerprint density at radius 2 is 1.68 bits per heavy atom. The average molecular weight is 267 g/mol. The van der Waals surface area contributed by atoms with Crippen LogP contribution in [0.15, 0.2) is 0 Å². The number of nitrogens with one attached hydrogen (secondary N) is 1. The lowest BCUT2D eigenvalue weighted by molar-refractivity contribution is -0.0563. The zero-order valence-electron chi connectivity index (χ0n) is 13.1. The third-order valence-corrected chi connectivity index (χ3v) is 4.40. The normalized spacial score (nSPS) is 23.6. The molecule has 4 heteroatoms. The molecular weight excluding hydrogens is 238 g/mol. The van der Waals surface area contributed by atoms with Crippen molar-refractivity contribution < 1.29 is 4.79 Å². The van der Waals surface area contributed by atoms with Gasteiger partial charge in [0.15, 0.2) is 0 Å². The minimum absolute atomic E-state index is 0.0994. The van der Waals surface area contributed by atoms with Gasteiger partial charge in [0.25, 0.3) is 0 Å². The van der Waals surface area contributed by atoms with Gasteiger partial charge in [-0.25, -0.2) is 4.79 Å². The highest BCUT2D eigenvalue weighted by Crippen LogP contribution is 2.41. The predicted octanol–water partition coefficient (Wildman–Crippen LogP) is 2.30. The van der Waals surface area contributed by atoms with Crippen molar-refractivity contribution in [3.8, 4) is 0 Å². The summed E-state index contributed by atoms with van der Waals surface area (Å²) in [6, 6.07) is 0.759. The van der Waals surface area contributed by atoms with Crippen LogP contribution >= 0.6 is 0 Å². The van der Waals surface area contributed by atoms with Crippen LogP contribution in [0.2, 0.25) is 0 Å². The summed E-state index contributed by atoms with van der Waals surface area (Å²) in [5.41, 5.74) is 0.361. The molecule has 1 spiro atoms. The number of amides is 2. The zero-order valence-corrected chi connectivity index (χ0v) is 13.1. The lowest BCUT2D eigenvalue weighted by Gasteiger charge is -2.55. The largest absolute Gasteiger partial charge is 0.333 e. The smallest absolute Gasteiger partial charge is 0.317 e. The molecule has 2 aliphatic heterocycles. The molecule has 2 rings (SSSR count). The number of likely N-dealkylation sites (tertiary alicyclic amines) is 2. The minimum atomic E-state index is -0.142. The number of piperidine rings is 1. The Balaban J connectivity index is 1.79. The Labute approximate surface area is 117 Å². The molecule has 2 fully saturated rings. The van der Waals surface area contributed by atoms with Gasteiger partial charge in [0, 0.05) is 37.8 Å². The Bertz CT molecular complexity index is 330. The second-order valence-electron chi connectivity index (χ2n) is 7.67. The maximum absolute atomic E-state index is 12.1. The first-order valence-corrected chi connectivity index (χ1v) is 7.52. The predicted molar refractivity (Wildman–Crippen MR) is 78.2 cm³/mol. The molecule has 0 aliphatic carbocycles. The van der Waals surface area contributed by atoms with Crippen LogP contribution in [-0.4, -0.2) is 53.6 Å². The summed E-state index contributed by atoms with van der Waals surface area (Å²) in [7, 11) is 0. The molecule has 2 saturated heterocycles. The molecule has 2 amide bonds. The molecule has 2 aliphatic rings. The second-order valence-corrected chi connectivity index (χ2v) is 7.67. The molecule has 0 aromatic rings. The van der Waals surface area contributed by atoms with E-state index in [4.69, 9.17) is 0 Å². The van der Waals surface area contributed by atoms with Gasteiger partial charge in [-0.2, -0.15) is 0 Å². The van der Waals surface area contributed by atoms with Gasteiger partial charge in [0.05, 0.1) is 0 Å². The van der Waals surface area contributed by atoms with Crippen molar-refractivity contribution in [3.63, 3.8) is 0 Å². The van der Waals surface area contributed by atoms with Crippen LogP contribution < -0.4 is 5.32 Å². The van der Waals surface area contributed by atoms with Crippen molar-refractivity contribution >= 4 is 6.03 Å². The van der Waals surface area contributed by atoms with Crippen LogP contribution in [0.1, 0.15) is 47.5 Å². The number of hydrogen-bond donors (Lipinski definition) is 1. The molecule has 4 nitrogen and oxygen atoms in total. The summed E-state index contributed by atoms with van der Waals surface area (Å²) >= 11 is 0. The van der Waals surface area contributed by atoms with E-state index in [2.05, 4.69) is 24.1 Å². The lowest BCUT2D eigenvalue weighted by atomic mass is 9.71.